The zero-order valence-corrected chi connectivity index (χ0v) is 17.2. The van der Waals surface area contributed by atoms with Gasteiger partial charge in [-0.05, 0) is 43.4 Å². The fourth-order valence-corrected chi connectivity index (χ4v) is 5.28. The van der Waals surface area contributed by atoms with E-state index in [0.29, 0.717) is 18.8 Å². The van der Waals surface area contributed by atoms with E-state index in [2.05, 4.69) is 31.4 Å². The number of urea groups is 1. The molecule has 8 heteroatoms. The predicted octanol–water partition coefficient (Wildman–Crippen LogP) is 1.25. The molecule has 156 valence electrons. The molecule has 1 aliphatic carbocycles. The Morgan fingerprint density at radius 3 is 2.50 bits per heavy atom. The first-order valence-corrected chi connectivity index (χ1v) is 10.3. The highest BCUT2D eigenvalue weighted by Gasteiger charge is 2.56. The Labute approximate surface area is 166 Å². The summed E-state index contributed by atoms with van der Waals surface area (Å²) in [6.07, 6.45) is 4.48. The summed E-state index contributed by atoms with van der Waals surface area (Å²) in [7, 11) is 0. The SMILES string of the molecule is CC1CC(C)(C)CC2(C1)NC(=O)N(CC(=O)NCCC(=O)N1CCCC1)C2=O. The van der Waals surface area contributed by atoms with Gasteiger partial charge in [0.15, 0.2) is 0 Å². The van der Waals surface area contributed by atoms with Gasteiger partial charge in [-0.2, -0.15) is 0 Å². The number of amides is 5. The lowest BCUT2D eigenvalue weighted by molar-refractivity contribution is -0.137. The normalized spacial score (nSPS) is 29.3. The highest BCUT2D eigenvalue weighted by Crippen LogP contribution is 2.46. The van der Waals surface area contributed by atoms with Crippen molar-refractivity contribution in [1.82, 2.24) is 20.4 Å². The van der Waals surface area contributed by atoms with Gasteiger partial charge >= 0.3 is 6.03 Å². The summed E-state index contributed by atoms with van der Waals surface area (Å²) in [5.74, 6) is -0.373. The number of nitrogens with one attached hydrogen (secondary N) is 2. The summed E-state index contributed by atoms with van der Waals surface area (Å²) in [5.41, 5.74) is -0.945. The molecule has 2 aliphatic heterocycles. The third-order valence-corrected chi connectivity index (χ3v) is 6.05. The highest BCUT2D eigenvalue weighted by atomic mass is 16.2. The number of hydrogen-bond acceptors (Lipinski definition) is 4. The molecule has 2 atom stereocenters. The van der Waals surface area contributed by atoms with Gasteiger partial charge in [-0.3, -0.25) is 19.3 Å². The number of rotatable bonds is 5. The molecular formula is C20H32N4O4. The molecule has 1 spiro atoms. The van der Waals surface area contributed by atoms with E-state index in [1.54, 1.807) is 4.90 Å². The van der Waals surface area contributed by atoms with Crippen molar-refractivity contribution in [2.75, 3.05) is 26.2 Å². The first-order valence-electron chi connectivity index (χ1n) is 10.3. The molecule has 8 nitrogen and oxygen atoms in total. The van der Waals surface area contributed by atoms with Crippen LogP contribution in [-0.4, -0.2) is 65.3 Å². The molecule has 3 fully saturated rings. The van der Waals surface area contributed by atoms with E-state index < -0.39 is 17.5 Å². The lowest BCUT2D eigenvalue weighted by Crippen LogP contribution is -2.54. The van der Waals surface area contributed by atoms with Crippen molar-refractivity contribution in [3.8, 4) is 0 Å². The van der Waals surface area contributed by atoms with Gasteiger partial charge in [0.2, 0.25) is 11.8 Å². The number of carbonyl (C=O) groups is 4. The first-order chi connectivity index (χ1) is 13.1. The number of imide groups is 1. The van der Waals surface area contributed by atoms with Gasteiger partial charge < -0.3 is 15.5 Å². The minimum absolute atomic E-state index is 0.0326. The molecule has 0 radical (unpaired) electrons. The van der Waals surface area contributed by atoms with Crippen LogP contribution in [0, 0.1) is 11.3 Å². The van der Waals surface area contributed by atoms with Gasteiger partial charge in [-0.1, -0.05) is 20.8 Å². The molecule has 28 heavy (non-hydrogen) atoms. The van der Waals surface area contributed by atoms with Crippen LogP contribution in [0.1, 0.15) is 59.3 Å². The van der Waals surface area contributed by atoms with Crippen molar-refractivity contribution in [1.29, 1.82) is 0 Å². The molecule has 3 rings (SSSR count). The van der Waals surface area contributed by atoms with Gasteiger partial charge in [-0.25, -0.2) is 4.79 Å². The fraction of sp³-hybridized carbons (Fsp3) is 0.800. The van der Waals surface area contributed by atoms with Crippen molar-refractivity contribution in [2.45, 2.75) is 64.8 Å². The van der Waals surface area contributed by atoms with E-state index in [1.807, 2.05) is 0 Å². The molecule has 0 aromatic carbocycles. The van der Waals surface area contributed by atoms with Crippen LogP contribution >= 0.6 is 0 Å². The average Bonchev–Trinajstić information content (AvgIpc) is 3.17. The Bertz CT molecular complexity index is 671. The molecule has 0 bridgehead atoms. The van der Waals surface area contributed by atoms with E-state index in [0.717, 1.165) is 37.3 Å². The summed E-state index contributed by atoms with van der Waals surface area (Å²) < 4.78 is 0. The Balaban J connectivity index is 1.52. The second kappa shape index (κ2) is 7.72. The minimum Gasteiger partial charge on any atom is -0.354 e. The minimum atomic E-state index is -0.899. The molecular weight excluding hydrogens is 360 g/mol. The maximum atomic E-state index is 13.0. The third kappa shape index (κ3) is 4.31. The van der Waals surface area contributed by atoms with Crippen LogP contribution in [0.4, 0.5) is 4.79 Å². The number of hydrogen-bond donors (Lipinski definition) is 2. The lowest BCUT2D eigenvalue weighted by atomic mass is 9.64. The number of nitrogens with zero attached hydrogens (tertiary/aromatic N) is 2. The average molecular weight is 393 g/mol. The largest absolute Gasteiger partial charge is 0.354 e. The summed E-state index contributed by atoms with van der Waals surface area (Å²) >= 11 is 0. The molecule has 1 saturated carbocycles. The maximum absolute atomic E-state index is 13.0. The van der Waals surface area contributed by atoms with Crippen LogP contribution < -0.4 is 10.6 Å². The first kappa shape index (κ1) is 20.6. The van der Waals surface area contributed by atoms with Crippen molar-refractivity contribution in [3.63, 3.8) is 0 Å². The van der Waals surface area contributed by atoms with Crippen molar-refractivity contribution >= 4 is 23.8 Å². The Morgan fingerprint density at radius 1 is 1.18 bits per heavy atom. The Kier molecular flexibility index (Phi) is 5.68. The topological polar surface area (TPSA) is 98.8 Å². The van der Waals surface area contributed by atoms with E-state index in [1.165, 1.54) is 0 Å². The molecule has 2 heterocycles. The fourth-order valence-electron chi connectivity index (χ4n) is 5.28. The quantitative estimate of drug-likeness (QED) is 0.688. The van der Waals surface area contributed by atoms with E-state index in [4.69, 9.17) is 0 Å². The molecule has 0 aromatic rings. The van der Waals surface area contributed by atoms with Crippen LogP contribution in [-0.2, 0) is 14.4 Å². The predicted molar refractivity (Wildman–Crippen MR) is 103 cm³/mol. The third-order valence-electron chi connectivity index (χ3n) is 6.05. The van der Waals surface area contributed by atoms with Crippen molar-refractivity contribution in [2.24, 2.45) is 11.3 Å². The molecule has 2 unspecified atom stereocenters. The van der Waals surface area contributed by atoms with Crippen molar-refractivity contribution < 1.29 is 19.2 Å². The van der Waals surface area contributed by atoms with Gasteiger partial charge in [0.25, 0.3) is 5.91 Å². The molecule has 5 amide bonds. The van der Waals surface area contributed by atoms with E-state index in [9.17, 15) is 19.2 Å². The lowest BCUT2D eigenvalue weighted by Gasteiger charge is -2.43. The molecule has 0 aromatic heterocycles. The zero-order chi connectivity index (χ0) is 20.5. The van der Waals surface area contributed by atoms with E-state index >= 15 is 0 Å². The van der Waals surface area contributed by atoms with Crippen LogP contribution in [0.15, 0.2) is 0 Å². The number of likely N-dealkylation sites (tertiary alicyclic amines) is 1. The summed E-state index contributed by atoms with van der Waals surface area (Å²) in [5, 5.41) is 5.53. The van der Waals surface area contributed by atoms with Gasteiger partial charge in [-0.15, -0.1) is 0 Å². The molecule has 2 N–H and O–H groups in total. The maximum Gasteiger partial charge on any atom is 0.325 e. The monoisotopic (exact) mass is 392 g/mol. The Hall–Kier alpha value is -2.12. The second-order valence-corrected chi connectivity index (χ2v) is 9.45. The van der Waals surface area contributed by atoms with Gasteiger partial charge in [0.1, 0.15) is 12.1 Å². The second-order valence-electron chi connectivity index (χ2n) is 9.45. The summed E-state index contributed by atoms with van der Waals surface area (Å²) in [4.78, 5) is 52.5. The van der Waals surface area contributed by atoms with Gasteiger partial charge in [0, 0.05) is 26.1 Å². The highest BCUT2D eigenvalue weighted by molar-refractivity contribution is 6.09. The summed E-state index contributed by atoms with van der Waals surface area (Å²) in [6.45, 7) is 7.78. The van der Waals surface area contributed by atoms with Crippen LogP contribution in [0.5, 0.6) is 0 Å². The smallest absolute Gasteiger partial charge is 0.325 e. The van der Waals surface area contributed by atoms with E-state index in [-0.39, 0.29) is 36.7 Å². The van der Waals surface area contributed by atoms with Crippen LogP contribution in [0.25, 0.3) is 0 Å². The number of carbonyl (C=O) groups excluding carboxylic acids is 4. The van der Waals surface area contributed by atoms with Crippen LogP contribution in [0.3, 0.4) is 0 Å². The van der Waals surface area contributed by atoms with Crippen LogP contribution in [0.2, 0.25) is 0 Å². The molecule has 2 saturated heterocycles. The summed E-state index contributed by atoms with van der Waals surface area (Å²) in [6, 6.07) is -0.502. The zero-order valence-electron chi connectivity index (χ0n) is 17.2. The molecule has 3 aliphatic rings. The Morgan fingerprint density at radius 2 is 1.86 bits per heavy atom. The van der Waals surface area contributed by atoms with Crippen molar-refractivity contribution in [3.05, 3.63) is 0 Å². The standard InChI is InChI=1S/C20H32N4O4/c1-14-10-19(2,3)13-20(11-14)17(27)24(18(28)22-20)12-15(25)21-7-6-16(26)23-8-4-5-9-23/h14H,4-13H2,1-3H3,(H,21,25)(H,22,28). The van der Waals surface area contributed by atoms with Gasteiger partial charge in [0.05, 0.1) is 0 Å².